The molecule has 1 nitrogen and oxygen atoms in total. The number of hydrogen-bond donors (Lipinski definition) is 1. The van der Waals surface area contributed by atoms with Gasteiger partial charge in [-0.15, -0.1) is 0 Å². The minimum absolute atomic E-state index is 0.485. The quantitative estimate of drug-likeness (QED) is 0.176. The van der Waals surface area contributed by atoms with Crippen LogP contribution < -0.4 is 5.73 Å². The molecule has 0 heterocycles. The monoisotopic (exact) mass is 639 g/mol. The normalized spacial score (nSPS) is 11.0. The maximum atomic E-state index is 6.23. The first-order valence-electron chi connectivity index (χ1n) is 17.2. The Labute approximate surface area is 295 Å². The fourth-order valence-electron chi connectivity index (χ4n) is 6.73. The molecule has 8 rings (SSSR count). The van der Waals surface area contributed by atoms with Gasteiger partial charge in [0.25, 0.3) is 0 Å². The average Bonchev–Trinajstić information content (AvgIpc) is 3.21. The molecule has 0 aromatic heterocycles. The lowest BCUT2D eigenvalue weighted by Gasteiger charge is -2.12. The smallest absolute Gasteiger partial charge is 0.0178 e. The van der Waals surface area contributed by atoms with Crippen LogP contribution in [0.2, 0.25) is 0 Å². The summed E-state index contributed by atoms with van der Waals surface area (Å²) in [6, 6.07) is 71.9. The predicted octanol–water partition coefficient (Wildman–Crippen LogP) is 12.8. The Hall–Kier alpha value is -6.28. The highest BCUT2D eigenvalue weighted by molar-refractivity contribution is 5.80. The second-order valence-corrected chi connectivity index (χ2v) is 12.7. The molecular weight excluding hydrogens is 603 g/mol. The molecule has 0 unspecified atom stereocenters. The molecular formula is C49H37N. The summed E-state index contributed by atoms with van der Waals surface area (Å²) in [6.07, 6.45) is 0. The van der Waals surface area contributed by atoms with E-state index in [0.717, 1.165) is 5.56 Å². The Kier molecular flexibility index (Phi) is 8.72. The van der Waals surface area contributed by atoms with Crippen molar-refractivity contribution >= 4 is 0 Å². The summed E-state index contributed by atoms with van der Waals surface area (Å²) in [7, 11) is 0. The van der Waals surface area contributed by atoms with Gasteiger partial charge in [0.2, 0.25) is 0 Å². The second kappa shape index (κ2) is 14.1. The minimum atomic E-state index is 0.485. The molecule has 0 aliphatic carbocycles. The Balaban J connectivity index is 1.04. The first-order chi connectivity index (χ1) is 24.7. The number of rotatable bonds is 8. The van der Waals surface area contributed by atoms with Gasteiger partial charge in [0.1, 0.15) is 0 Å². The molecule has 0 saturated carbocycles. The fraction of sp³-hybridized carbons (Fsp3) is 0.0204. The van der Waals surface area contributed by atoms with Crippen molar-refractivity contribution in [2.24, 2.45) is 5.73 Å². The van der Waals surface area contributed by atoms with Gasteiger partial charge < -0.3 is 5.73 Å². The minimum Gasteiger partial charge on any atom is -0.326 e. The zero-order valence-electron chi connectivity index (χ0n) is 27.8. The van der Waals surface area contributed by atoms with E-state index in [1.54, 1.807) is 0 Å². The molecule has 0 bridgehead atoms. The van der Waals surface area contributed by atoms with Crippen molar-refractivity contribution in [3.63, 3.8) is 0 Å². The summed E-state index contributed by atoms with van der Waals surface area (Å²) in [4.78, 5) is 0. The van der Waals surface area contributed by atoms with Crippen molar-refractivity contribution in [3.8, 4) is 77.9 Å². The van der Waals surface area contributed by atoms with Crippen LogP contribution in [0.25, 0.3) is 77.9 Å². The maximum absolute atomic E-state index is 6.23. The summed E-state index contributed by atoms with van der Waals surface area (Å²) >= 11 is 0. The van der Waals surface area contributed by atoms with Gasteiger partial charge in [-0.3, -0.25) is 0 Å². The Morgan fingerprint density at radius 3 is 0.820 bits per heavy atom. The third kappa shape index (κ3) is 6.69. The molecule has 1 heteroatoms. The van der Waals surface area contributed by atoms with Crippen LogP contribution in [0.3, 0.4) is 0 Å². The number of nitrogens with two attached hydrogens (primary N) is 1. The first kappa shape index (κ1) is 31.0. The number of hydrogen-bond acceptors (Lipinski definition) is 1. The molecule has 0 atom stereocenters. The van der Waals surface area contributed by atoms with Crippen molar-refractivity contribution < 1.29 is 0 Å². The van der Waals surface area contributed by atoms with Crippen LogP contribution >= 0.6 is 0 Å². The van der Waals surface area contributed by atoms with E-state index in [9.17, 15) is 0 Å². The van der Waals surface area contributed by atoms with Crippen LogP contribution in [0.1, 0.15) is 5.56 Å². The van der Waals surface area contributed by atoms with Gasteiger partial charge in [0.15, 0.2) is 0 Å². The molecule has 0 spiro atoms. The van der Waals surface area contributed by atoms with Crippen LogP contribution in [0.15, 0.2) is 200 Å². The zero-order chi connectivity index (χ0) is 33.7. The Bertz CT molecular complexity index is 2350. The standard InChI is InChI=1S/C49H37N/c50-34-35-29-48(33-49(30-35)47-16-8-15-46(32-47)41-23-19-39(20-24-41)37-11-5-2-6-12-37)43-27-25-42(26-28-43)45-14-7-13-44(31-45)40-21-17-38(18-22-40)36-9-3-1-4-10-36/h1-33H,34,50H2. The Morgan fingerprint density at radius 2 is 0.460 bits per heavy atom. The lowest BCUT2D eigenvalue weighted by molar-refractivity contribution is 1.07. The maximum Gasteiger partial charge on any atom is 0.0178 e. The third-order valence-corrected chi connectivity index (χ3v) is 9.49. The highest BCUT2D eigenvalue weighted by Crippen LogP contribution is 2.34. The summed E-state index contributed by atoms with van der Waals surface area (Å²) in [5.74, 6) is 0. The van der Waals surface area contributed by atoms with Crippen LogP contribution in [0.4, 0.5) is 0 Å². The van der Waals surface area contributed by atoms with Crippen LogP contribution in [0, 0.1) is 0 Å². The van der Waals surface area contributed by atoms with Gasteiger partial charge >= 0.3 is 0 Å². The van der Waals surface area contributed by atoms with Crippen molar-refractivity contribution in [2.75, 3.05) is 0 Å². The van der Waals surface area contributed by atoms with E-state index in [-0.39, 0.29) is 0 Å². The van der Waals surface area contributed by atoms with Gasteiger partial charge in [-0.1, -0.05) is 170 Å². The second-order valence-electron chi connectivity index (χ2n) is 12.7. The molecule has 8 aromatic rings. The van der Waals surface area contributed by atoms with Gasteiger partial charge in [-0.25, -0.2) is 0 Å². The van der Waals surface area contributed by atoms with Crippen molar-refractivity contribution in [1.29, 1.82) is 0 Å². The van der Waals surface area contributed by atoms with Crippen molar-refractivity contribution in [1.82, 2.24) is 0 Å². The average molecular weight is 640 g/mol. The zero-order valence-corrected chi connectivity index (χ0v) is 27.8. The summed E-state index contributed by atoms with van der Waals surface area (Å²) in [5.41, 5.74) is 24.1. The van der Waals surface area contributed by atoms with Crippen molar-refractivity contribution in [2.45, 2.75) is 6.54 Å². The molecule has 0 fully saturated rings. The third-order valence-electron chi connectivity index (χ3n) is 9.49. The van der Waals surface area contributed by atoms with E-state index in [0.29, 0.717) is 6.54 Å². The fourth-order valence-corrected chi connectivity index (χ4v) is 6.73. The van der Waals surface area contributed by atoms with Gasteiger partial charge in [0.05, 0.1) is 0 Å². The molecule has 2 N–H and O–H groups in total. The van der Waals surface area contributed by atoms with E-state index in [1.165, 1.54) is 77.9 Å². The highest BCUT2D eigenvalue weighted by Gasteiger charge is 2.09. The summed E-state index contributed by atoms with van der Waals surface area (Å²) in [5, 5.41) is 0. The topological polar surface area (TPSA) is 26.0 Å². The van der Waals surface area contributed by atoms with Gasteiger partial charge in [-0.05, 0) is 114 Å². The predicted molar refractivity (Wildman–Crippen MR) is 212 cm³/mol. The van der Waals surface area contributed by atoms with Crippen molar-refractivity contribution in [3.05, 3.63) is 206 Å². The number of benzene rings is 8. The lowest BCUT2D eigenvalue weighted by atomic mass is 9.93. The van der Waals surface area contributed by atoms with Crippen LogP contribution in [0.5, 0.6) is 0 Å². The molecule has 0 radical (unpaired) electrons. The summed E-state index contributed by atoms with van der Waals surface area (Å²) < 4.78 is 0. The molecule has 0 aliphatic heterocycles. The highest BCUT2D eigenvalue weighted by atomic mass is 14.5. The van der Waals surface area contributed by atoms with Crippen LogP contribution in [-0.2, 0) is 6.54 Å². The molecule has 0 saturated heterocycles. The summed E-state index contributed by atoms with van der Waals surface area (Å²) in [6.45, 7) is 0.485. The molecule has 8 aromatic carbocycles. The molecule has 0 amide bonds. The van der Waals surface area contributed by atoms with E-state index >= 15 is 0 Å². The van der Waals surface area contributed by atoms with E-state index in [2.05, 4.69) is 200 Å². The lowest BCUT2D eigenvalue weighted by Crippen LogP contribution is -1.97. The van der Waals surface area contributed by atoms with E-state index in [1.807, 2.05) is 0 Å². The van der Waals surface area contributed by atoms with Gasteiger partial charge in [0, 0.05) is 6.54 Å². The Morgan fingerprint density at radius 1 is 0.220 bits per heavy atom. The first-order valence-corrected chi connectivity index (χ1v) is 17.2. The molecule has 238 valence electrons. The SMILES string of the molecule is NCc1cc(-c2ccc(-c3cccc(-c4ccc(-c5ccccc5)cc4)c3)cc2)cc(-c2cccc(-c3ccc(-c4ccccc4)cc3)c2)c1. The van der Waals surface area contributed by atoms with E-state index < -0.39 is 0 Å². The molecule has 50 heavy (non-hydrogen) atoms. The largest absolute Gasteiger partial charge is 0.326 e. The van der Waals surface area contributed by atoms with Crippen LogP contribution in [-0.4, -0.2) is 0 Å². The molecule has 0 aliphatic rings. The van der Waals surface area contributed by atoms with E-state index in [4.69, 9.17) is 5.73 Å². The van der Waals surface area contributed by atoms with Gasteiger partial charge in [-0.2, -0.15) is 0 Å².